The Hall–Kier alpha value is -4.14. The number of imidazole rings is 1. The fourth-order valence-corrected chi connectivity index (χ4v) is 2.79. The number of carbonyl (C=O) groups excluding carboxylic acids is 1. The Labute approximate surface area is 187 Å². The Bertz CT molecular complexity index is 1030. The standard InChI is InChI=1S/C22H26N6O.CH3NO/c1-17(19-7-3-4-8-20(19)29)15-25-18(2)26-22-10-5-9-21(27-22)24-11-6-13-28-14-12-23-16-28;2-1-3/h3-5,7-10,12,14-16,29H,6,11,13H2,1-2H3,(H2,24,25,26,27);1H,(H2,2,3)/b17-15+;. The van der Waals surface area contributed by atoms with Gasteiger partial charge < -0.3 is 26.0 Å². The number of aryl methyl sites for hydroxylation is 1. The predicted molar refractivity (Wildman–Crippen MR) is 128 cm³/mol. The average Bonchev–Trinajstić information content (AvgIpc) is 3.30. The zero-order valence-electron chi connectivity index (χ0n) is 18.3. The molecule has 0 saturated heterocycles. The molecular formula is C23H29N7O2. The molecule has 0 aliphatic carbocycles. The van der Waals surface area contributed by atoms with E-state index in [2.05, 4.69) is 35.9 Å². The number of amidine groups is 1. The van der Waals surface area contributed by atoms with Crippen LogP contribution in [0.2, 0.25) is 0 Å². The van der Waals surface area contributed by atoms with Crippen molar-refractivity contribution in [3.05, 3.63) is 72.9 Å². The van der Waals surface area contributed by atoms with E-state index in [1.54, 1.807) is 24.5 Å². The molecule has 168 valence electrons. The summed E-state index contributed by atoms with van der Waals surface area (Å²) in [5, 5.41) is 16.5. The molecule has 0 atom stereocenters. The van der Waals surface area contributed by atoms with E-state index in [0.717, 1.165) is 42.3 Å². The molecule has 0 aliphatic rings. The van der Waals surface area contributed by atoms with Gasteiger partial charge in [0.1, 0.15) is 23.2 Å². The minimum Gasteiger partial charge on any atom is -0.507 e. The maximum absolute atomic E-state index is 9.93. The number of nitrogens with one attached hydrogen (secondary N) is 2. The number of aromatic hydroxyl groups is 1. The van der Waals surface area contributed by atoms with Crippen LogP contribution in [0, 0.1) is 0 Å². The Kier molecular flexibility index (Phi) is 9.97. The third-order valence-corrected chi connectivity index (χ3v) is 4.30. The average molecular weight is 436 g/mol. The third kappa shape index (κ3) is 8.31. The molecule has 5 N–H and O–H groups in total. The molecule has 3 aromatic rings. The summed E-state index contributed by atoms with van der Waals surface area (Å²) in [5.74, 6) is 2.49. The van der Waals surface area contributed by atoms with Crippen LogP contribution in [-0.2, 0) is 11.3 Å². The number of nitrogens with zero attached hydrogens (tertiary/aromatic N) is 4. The molecule has 2 heterocycles. The van der Waals surface area contributed by atoms with E-state index in [9.17, 15) is 5.11 Å². The lowest BCUT2D eigenvalue weighted by Gasteiger charge is -2.09. The normalized spacial score (nSPS) is 11.3. The molecule has 3 rings (SSSR count). The fourth-order valence-electron chi connectivity index (χ4n) is 2.79. The zero-order chi connectivity index (χ0) is 23.2. The monoisotopic (exact) mass is 435 g/mol. The molecule has 0 saturated carbocycles. The van der Waals surface area contributed by atoms with Crippen molar-refractivity contribution in [1.29, 1.82) is 0 Å². The Morgan fingerprint density at radius 1 is 1.19 bits per heavy atom. The number of pyridine rings is 1. The summed E-state index contributed by atoms with van der Waals surface area (Å²) in [6.45, 7) is 5.53. The fraction of sp³-hybridized carbons (Fsp3) is 0.217. The van der Waals surface area contributed by atoms with Gasteiger partial charge in [0, 0.05) is 37.2 Å². The van der Waals surface area contributed by atoms with Crippen LogP contribution >= 0.6 is 0 Å². The number of rotatable bonds is 8. The van der Waals surface area contributed by atoms with E-state index in [1.165, 1.54) is 0 Å². The lowest BCUT2D eigenvalue weighted by atomic mass is 10.1. The first kappa shape index (κ1) is 24.1. The number of anilines is 2. The summed E-state index contributed by atoms with van der Waals surface area (Å²) < 4.78 is 2.05. The van der Waals surface area contributed by atoms with Crippen molar-refractivity contribution in [2.45, 2.75) is 26.8 Å². The summed E-state index contributed by atoms with van der Waals surface area (Å²) in [5.41, 5.74) is 5.81. The van der Waals surface area contributed by atoms with Gasteiger partial charge in [-0.2, -0.15) is 0 Å². The van der Waals surface area contributed by atoms with Gasteiger partial charge >= 0.3 is 0 Å². The molecule has 0 fully saturated rings. The van der Waals surface area contributed by atoms with Crippen LogP contribution in [0.15, 0.2) is 72.4 Å². The number of amides is 1. The largest absolute Gasteiger partial charge is 0.507 e. The zero-order valence-corrected chi connectivity index (χ0v) is 18.3. The molecule has 0 bridgehead atoms. The van der Waals surface area contributed by atoms with Crippen molar-refractivity contribution in [1.82, 2.24) is 14.5 Å². The minimum atomic E-state index is 0.246. The molecule has 1 aromatic carbocycles. The van der Waals surface area contributed by atoms with Gasteiger partial charge in [0.25, 0.3) is 0 Å². The minimum absolute atomic E-state index is 0.246. The van der Waals surface area contributed by atoms with Gasteiger partial charge in [0.2, 0.25) is 6.41 Å². The Morgan fingerprint density at radius 3 is 2.66 bits per heavy atom. The van der Waals surface area contributed by atoms with Gasteiger partial charge in [-0.25, -0.2) is 15.0 Å². The maximum Gasteiger partial charge on any atom is 0.204 e. The van der Waals surface area contributed by atoms with Crippen LogP contribution < -0.4 is 16.4 Å². The summed E-state index contributed by atoms with van der Waals surface area (Å²) >= 11 is 0. The highest BCUT2D eigenvalue weighted by molar-refractivity contribution is 5.93. The number of hydrogen-bond acceptors (Lipinski definition) is 6. The first-order valence-corrected chi connectivity index (χ1v) is 10.1. The lowest BCUT2D eigenvalue weighted by molar-refractivity contribution is -0.106. The molecule has 9 nitrogen and oxygen atoms in total. The molecule has 0 spiro atoms. The third-order valence-electron chi connectivity index (χ3n) is 4.30. The highest BCUT2D eigenvalue weighted by atomic mass is 16.3. The van der Waals surface area contributed by atoms with Crippen LogP contribution in [-0.4, -0.2) is 38.4 Å². The van der Waals surface area contributed by atoms with Crippen LogP contribution in [0.1, 0.15) is 25.8 Å². The highest BCUT2D eigenvalue weighted by Gasteiger charge is 2.02. The van der Waals surface area contributed by atoms with E-state index in [-0.39, 0.29) is 12.2 Å². The molecule has 9 heteroatoms. The van der Waals surface area contributed by atoms with Crippen molar-refractivity contribution >= 4 is 29.5 Å². The van der Waals surface area contributed by atoms with Crippen molar-refractivity contribution in [2.24, 2.45) is 10.7 Å². The van der Waals surface area contributed by atoms with Gasteiger partial charge in [0.15, 0.2) is 0 Å². The summed E-state index contributed by atoms with van der Waals surface area (Å²) in [4.78, 5) is 21.6. The second-order valence-electron chi connectivity index (χ2n) is 6.79. The van der Waals surface area contributed by atoms with Crippen molar-refractivity contribution < 1.29 is 9.90 Å². The van der Waals surface area contributed by atoms with E-state index >= 15 is 0 Å². The van der Waals surface area contributed by atoms with Gasteiger partial charge in [-0.05, 0) is 44.0 Å². The molecule has 0 unspecified atom stereocenters. The van der Waals surface area contributed by atoms with E-state index in [1.807, 2.05) is 56.7 Å². The SMILES string of the molecule is CC(=N/C=C(\C)c1ccccc1O)Nc1cccc(NCCCn2ccnc2)n1.NC=O. The van der Waals surface area contributed by atoms with Gasteiger partial charge in [-0.1, -0.05) is 24.3 Å². The predicted octanol–water partition coefficient (Wildman–Crippen LogP) is 3.48. The number of aromatic nitrogens is 3. The van der Waals surface area contributed by atoms with Gasteiger partial charge in [0.05, 0.1) is 6.33 Å². The Morgan fingerprint density at radius 2 is 1.94 bits per heavy atom. The highest BCUT2D eigenvalue weighted by Crippen LogP contribution is 2.23. The number of phenolic OH excluding ortho intramolecular Hbond substituents is 1. The van der Waals surface area contributed by atoms with Crippen molar-refractivity contribution in [2.75, 3.05) is 17.2 Å². The Balaban J connectivity index is 0.00000114. The van der Waals surface area contributed by atoms with Crippen LogP contribution in [0.3, 0.4) is 0 Å². The summed E-state index contributed by atoms with van der Waals surface area (Å²) in [6, 6.07) is 13.0. The number of phenols is 1. The molecule has 0 radical (unpaired) electrons. The summed E-state index contributed by atoms with van der Waals surface area (Å²) in [7, 11) is 0. The van der Waals surface area contributed by atoms with Gasteiger partial charge in [-0.15, -0.1) is 0 Å². The second kappa shape index (κ2) is 13.2. The molecule has 1 amide bonds. The van der Waals surface area contributed by atoms with E-state index in [0.29, 0.717) is 5.84 Å². The number of primary amides is 1. The number of benzene rings is 1. The van der Waals surface area contributed by atoms with Crippen LogP contribution in [0.25, 0.3) is 5.57 Å². The topological polar surface area (TPSA) is 130 Å². The number of allylic oxidation sites excluding steroid dienone is 1. The van der Waals surface area contributed by atoms with E-state index in [4.69, 9.17) is 4.79 Å². The molecule has 0 aliphatic heterocycles. The first-order valence-electron chi connectivity index (χ1n) is 10.1. The smallest absolute Gasteiger partial charge is 0.204 e. The van der Waals surface area contributed by atoms with Crippen molar-refractivity contribution in [3.63, 3.8) is 0 Å². The maximum atomic E-state index is 9.93. The van der Waals surface area contributed by atoms with Gasteiger partial charge in [-0.3, -0.25) is 4.79 Å². The second-order valence-corrected chi connectivity index (χ2v) is 6.79. The quantitative estimate of drug-likeness (QED) is 0.185. The van der Waals surface area contributed by atoms with Crippen molar-refractivity contribution in [3.8, 4) is 5.75 Å². The van der Waals surface area contributed by atoms with E-state index < -0.39 is 0 Å². The number of hydrogen-bond donors (Lipinski definition) is 4. The first-order chi connectivity index (χ1) is 15.5. The number of nitrogens with two attached hydrogens (primary N) is 1. The van der Waals surface area contributed by atoms with Crippen LogP contribution in [0.5, 0.6) is 5.75 Å². The number of carbonyl (C=O) groups is 1. The molecular weight excluding hydrogens is 406 g/mol. The van der Waals surface area contributed by atoms with Crippen LogP contribution in [0.4, 0.5) is 11.6 Å². The lowest BCUT2D eigenvalue weighted by Crippen LogP contribution is -2.10. The number of aliphatic imine (C=N–C) groups is 1. The molecule has 32 heavy (non-hydrogen) atoms. The molecule has 2 aromatic heterocycles. The number of para-hydroxylation sites is 1. The summed E-state index contributed by atoms with van der Waals surface area (Å²) in [6.07, 6.45) is 8.52.